The van der Waals surface area contributed by atoms with E-state index in [1.807, 2.05) is 0 Å². The molecule has 0 bridgehead atoms. The van der Waals surface area contributed by atoms with E-state index in [0.717, 1.165) is 6.08 Å². The van der Waals surface area contributed by atoms with E-state index in [2.05, 4.69) is 32.5 Å². The van der Waals surface area contributed by atoms with Gasteiger partial charge in [0.05, 0.1) is 11.4 Å². The number of nitrogens with zero attached hydrogens (tertiary/aromatic N) is 3. The smallest absolute Gasteiger partial charge is 0.351 e. The van der Waals surface area contributed by atoms with Gasteiger partial charge in [-0.2, -0.15) is 18.2 Å². The summed E-state index contributed by atoms with van der Waals surface area (Å²) in [7, 11) is 0. The van der Waals surface area contributed by atoms with Gasteiger partial charge in [0.15, 0.2) is 0 Å². The quantitative estimate of drug-likeness (QED) is 0.502. The molecule has 1 aliphatic heterocycles. The number of rotatable bonds is 6. The van der Waals surface area contributed by atoms with E-state index >= 15 is 0 Å². The Morgan fingerprint density at radius 3 is 2.62 bits per heavy atom. The van der Waals surface area contributed by atoms with Crippen molar-refractivity contribution in [3.8, 4) is 0 Å². The lowest BCUT2D eigenvalue weighted by molar-refractivity contribution is -0.137. The van der Waals surface area contributed by atoms with Crippen molar-refractivity contribution in [2.24, 2.45) is 5.73 Å². The van der Waals surface area contributed by atoms with Crippen LogP contribution in [0.1, 0.15) is 18.4 Å². The molecule has 3 amide bonds. The molecule has 32 heavy (non-hydrogen) atoms. The van der Waals surface area contributed by atoms with E-state index < -0.39 is 29.5 Å². The summed E-state index contributed by atoms with van der Waals surface area (Å²) in [6.07, 6.45) is -1.63. The van der Waals surface area contributed by atoms with Crippen molar-refractivity contribution in [2.45, 2.75) is 25.1 Å². The van der Waals surface area contributed by atoms with E-state index in [9.17, 15) is 22.8 Å². The van der Waals surface area contributed by atoms with E-state index in [-0.39, 0.29) is 23.4 Å². The molecule has 0 spiro atoms. The normalized spacial score (nSPS) is 16.2. The Morgan fingerprint density at radius 1 is 1.25 bits per heavy atom. The second-order valence-electron chi connectivity index (χ2n) is 7.09. The van der Waals surface area contributed by atoms with Crippen molar-refractivity contribution < 1.29 is 22.8 Å². The van der Waals surface area contributed by atoms with Gasteiger partial charge in [0, 0.05) is 25.3 Å². The number of piperidine rings is 1. The maximum atomic E-state index is 13.6. The molecule has 0 radical (unpaired) electrons. The first kappa shape index (κ1) is 22.8. The van der Waals surface area contributed by atoms with Crippen LogP contribution in [0, 0.1) is 0 Å². The largest absolute Gasteiger partial charge is 0.421 e. The number of carbonyl (C=O) groups excluding carboxylic acids is 2. The minimum absolute atomic E-state index is 0.0376. The first-order valence-electron chi connectivity index (χ1n) is 9.72. The molecule has 12 heteroatoms. The topological polar surface area (TPSA) is 125 Å². The van der Waals surface area contributed by atoms with Crippen LogP contribution in [0.5, 0.6) is 0 Å². The SMILES string of the molecule is C=CC(=O)Nc1ccccc1Nc1nc(N[C@@H]2CCCN(C(N)=O)C2)ncc1C(F)(F)F. The number of para-hydroxylation sites is 2. The highest BCUT2D eigenvalue weighted by Gasteiger charge is 2.36. The van der Waals surface area contributed by atoms with Gasteiger partial charge in [0.1, 0.15) is 11.4 Å². The van der Waals surface area contributed by atoms with E-state index in [1.54, 1.807) is 12.1 Å². The van der Waals surface area contributed by atoms with Crippen LogP contribution < -0.4 is 21.7 Å². The molecule has 3 rings (SSSR count). The number of nitrogens with two attached hydrogens (primary N) is 1. The molecule has 5 N–H and O–H groups in total. The summed E-state index contributed by atoms with van der Waals surface area (Å²) in [5.74, 6) is -1.04. The van der Waals surface area contributed by atoms with Crippen LogP contribution in [0.25, 0.3) is 0 Å². The summed E-state index contributed by atoms with van der Waals surface area (Å²) in [6.45, 7) is 4.16. The molecule has 1 aromatic carbocycles. The Kier molecular flexibility index (Phi) is 6.81. The Morgan fingerprint density at radius 2 is 1.97 bits per heavy atom. The minimum Gasteiger partial charge on any atom is -0.351 e. The first-order valence-corrected chi connectivity index (χ1v) is 9.72. The number of anilines is 4. The van der Waals surface area contributed by atoms with Gasteiger partial charge in [0.2, 0.25) is 11.9 Å². The van der Waals surface area contributed by atoms with Gasteiger partial charge < -0.3 is 26.6 Å². The summed E-state index contributed by atoms with van der Waals surface area (Å²) in [4.78, 5) is 32.3. The number of urea groups is 1. The third-order valence-electron chi connectivity index (χ3n) is 4.78. The lowest BCUT2D eigenvalue weighted by atomic mass is 10.1. The molecule has 1 saturated heterocycles. The molecule has 1 aromatic heterocycles. The van der Waals surface area contributed by atoms with Crippen LogP contribution >= 0.6 is 0 Å². The summed E-state index contributed by atoms with van der Waals surface area (Å²) in [6, 6.07) is 5.41. The molecule has 2 heterocycles. The van der Waals surface area contributed by atoms with Crippen molar-refractivity contribution in [3.63, 3.8) is 0 Å². The second-order valence-corrected chi connectivity index (χ2v) is 7.09. The highest BCUT2D eigenvalue weighted by molar-refractivity contribution is 6.01. The average molecular weight is 449 g/mol. The second kappa shape index (κ2) is 9.54. The van der Waals surface area contributed by atoms with Crippen molar-refractivity contribution >= 4 is 35.1 Å². The fourth-order valence-electron chi connectivity index (χ4n) is 3.24. The number of aromatic nitrogens is 2. The molecule has 0 saturated carbocycles. The van der Waals surface area contributed by atoms with Gasteiger partial charge in [0.25, 0.3) is 0 Å². The third kappa shape index (κ3) is 5.65. The van der Waals surface area contributed by atoms with Crippen LogP contribution in [0.4, 0.5) is 41.1 Å². The monoisotopic (exact) mass is 449 g/mol. The van der Waals surface area contributed by atoms with E-state index in [1.165, 1.54) is 17.0 Å². The summed E-state index contributed by atoms with van der Waals surface area (Å²) in [5, 5.41) is 8.13. The number of primary amides is 1. The zero-order valence-electron chi connectivity index (χ0n) is 16.9. The maximum Gasteiger partial charge on any atom is 0.421 e. The van der Waals surface area contributed by atoms with Crippen LogP contribution in [0.3, 0.4) is 0 Å². The highest BCUT2D eigenvalue weighted by Crippen LogP contribution is 2.36. The number of carbonyl (C=O) groups is 2. The minimum atomic E-state index is -4.71. The third-order valence-corrected chi connectivity index (χ3v) is 4.78. The molecular weight excluding hydrogens is 427 g/mol. The highest BCUT2D eigenvalue weighted by atomic mass is 19.4. The fourth-order valence-corrected chi connectivity index (χ4v) is 3.24. The molecule has 1 aliphatic rings. The van der Waals surface area contributed by atoms with Gasteiger partial charge in [-0.1, -0.05) is 18.7 Å². The molecule has 0 unspecified atom stereocenters. The maximum absolute atomic E-state index is 13.6. The van der Waals surface area contributed by atoms with Gasteiger partial charge in [-0.05, 0) is 31.1 Å². The van der Waals surface area contributed by atoms with Gasteiger partial charge in [-0.3, -0.25) is 4.79 Å². The lowest BCUT2D eigenvalue weighted by Gasteiger charge is -2.32. The number of likely N-dealkylation sites (tertiary alicyclic amines) is 1. The number of hydrogen-bond donors (Lipinski definition) is 4. The number of halogens is 3. The summed E-state index contributed by atoms with van der Waals surface area (Å²) < 4.78 is 40.7. The zero-order chi connectivity index (χ0) is 23.3. The Labute approximate surface area is 181 Å². The van der Waals surface area contributed by atoms with Crippen LogP contribution in [0.2, 0.25) is 0 Å². The van der Waals surface area contributed by atoms with Gasteiger partial charge in [-0.25, -0.2) is 9.78 Å². The number of benzene rings is 1. The number of nitrogens with one attached hydrogen (secondary N) is 3. The zero-order valence-corrected chi connectivity index (χ0v) is 16.9. The fraction of sp³-hybridized carbons (Fsp3) is 0.300. The van der Waals surface area contributed by atoms with Crippen molar-refractivity contribution in [1.82, 2.24) is 14.9 Å². The first-order chi connectivity index (χ1) is 15.2. The molecule has 1 atom stereocenters. The standard InChI is InChI=1S/C20H22F3N7O2/c1-2-16(31)27-14-7-3-4-8-15(14)28-17-13(20(21,22)23)10-25-19(29-17)26-12-6-5-9-30(11-12)18(24)32/h2-4,7-8,10,12H,1,5-6,9,11H2,(H2,24,32)(H,27,31)(H2,25,26,28,29)/t12-/m1/s1. The lowest BCUT2D eigenvalue weighted by Crippen LogP contribution is -2.47. The molecule has 170 valence electrons. The van der Waals surface area contributed by atoms with Crippen LogP contribution in [-0.2, 0) is 11.0 Å². The molecular formula is C20H22F3N7O2. The van der Waals surface area contributed by atoms with Crippen molar-refractivity contribution in [1.29, 1.82) is 0 Å². The molecule has 0 aliphatic carbocycles. The Hall–Kier alpha value is -3.83. The Balaban J connectivity index is 1.89. The van der Waals surface area contributed by atoms with Crippen LogP contribution in [0.15, 0.2) is 43.1 Å². The average Bonchev–Trinajstić information content (AvgIpc) is 2.74. The van der Waals surface area contributed by atoms with Crippen LogP contribution in [-0.4, -0.2) is 45.9 Å². The van der Waals surface area contributed by atoms with Crippen molar-refractivity contribution in [2.75, 3.05) is 29.0 Å². The summed E-state index contributed by atoms with van der Waals surface area (Å²) in [5.41, 5.74) is 4.70. The number of alkyl halides is 3. The van der Waals surface area contributed by atoms with E-state index in [4.69, 9.17) is 5.73 Å². The van der Waals surface area contributed by atoms with Crippen molar-refractivity contribution in [3.05, 3.63) is 48.7 Å². The molecule has 2 aromatic rings. The summed E-state index contributed by atoms with van der Waals surface area (Å²) >= 11 is 0. The number of amides is 3. The van der Waals surface area contributed by atoms with Gasteiger partial charge >= 0.3 is 12.2 Å². The van der Waals surface area contributed by atoms with Gasteiger partial charge in [-0.15, -0.1) is 0 Å². The van der Waals surface area contributed by atoms with E-state index in [0.29, 0.717) is 32.1 Å². The molecule has 1 fully saturated rings. The predicted molar refractivity (Wildman–Crippen MR) is 113 cm³/mol. The molecule has 9 nitrogen and oxygen atoms in total. The number of hydrogen-bond acceptors (Lipinski definition) is 6. The predicted octanol–water partition coefficient (Wildman–Crippen LogP) is 3.32. The Bertz CT molecular complexity index is 1010.